The Hall–Kier alpha value is -3.28. The van der Waals surface area contributed by atoms with E-state index in [0.717, 1.165) is 47.8 Å². The number of benzene rings is 2. The van der Waals surface area contributed by atoms with Crippen LogP contribution in [0.1, 0.15) is 34.5 Å². The number of aryl methyl sites for hydroxylation is 1. The second kappa shape index (κ2) is 6.55. The maximum Gasteiger partial charge on any atom is 0.271 e. The number of fused-ring (bicyclic) bond motifs is 2. The van der Waals surface area contributed by atoms with Crippen molar-refractivity contribution in [3.8, 4) is 0 Å². The van der Waals surface area contributed by atoms with Gasteiger partial charge in [-0.05, 0) is 43.4 Å². The van der Waals surface area contributed by atoms with Gasteiger partial charge in [-0.3, -0.25) is 19.9 Å². The van der Waals surface area contributed by atoms with Crippen molar-refractivity contribution in [3.63, 3.8) is 0 Å². The highest BCUT2D eigenvalue weighted by atomic mass is 16.6. The fraction of sp³-hybridized carbons (Fsp3) is 0.200. The minimum Gasteiger partial charge on any atom is -0.322 e. The summed E-state index contributed by atoms with van der Waals surface area (Å²) in [4.78, 5) is 28.3. The third-order valence-corrected chi connectivity index (χ3v) is 4.71. The first-order valence-corrected chi connectivity index (χ1v) is 8.60. The predicted molar refractivity (Wildman–Crippen MR) is 99.4 cm³/mol. The molecule has 6 heteroatoms. The van der Waals surface area contributed by atoms with Crippen molar-refractivity contribution >= 4 is 28.2 Å². The van der Waals surface area contributed by atoms with Gasteiger partial charge in [0, 0.05) is 28.9 Å². The highest BCUT2D eigenvalue weighted by molar-refractivity contribution is 6.13. The molecule has 0 fully saturated rings. The second-order valence-corrected chi connectivity index (χ2v) is 6.40. The number of para-hydroxylation sites is 1. The van der Waals surface area contributed by atoms with E-state index in [1.807, 2.05) is 24.3 Å². The lowest BCUT2D eigenvalue weighted by atomic mass is 9.89. The summed E-state index contributed by atoms with van der Waals surface area (Å²) < 4.78 is 0. The lowest BCUT2D eigenvalue weighted by Crippen LogP contribution is -2.19. The largest absolute Gasteiger partial charge is 0.322 e. The van der Waals surface area contributed by atoms with Crippen molar-refractivity contribution in [3.05, 3.63) is 75.5 Å². The molecular weight excluding hydrogens is 330 g/mol. The summed E-state index contributed by atoms with van der Waals surface area (Å²) in [7, 11) is 0. The van der Waals surface area contributed by atoms with Gasteiger partial charge >= 0.3 is 0 Å². The summed E-state index contributed by atoms with van der Waals surface area (Å²) in [6.45, 7) is 0. The van der Waals surface area contributed by atoms with E-state index in [-0.39, 0.29) is 11.6 Å². The molecule has 26 heavy (non-hydrogen) atoms. The van der Waals surface area contributed by atoms with Crippen LogP contribution in [0.5, 0.6) is 0 Å². The number of nitro benzene ring substituents is 1. The number of carbonyl (C=O) groups is 1. The summed E-state index contributed by atoms with van der Waals surface area (Å²) in [5, 5.41) is 14.6. The topological polar surface area (TPSA) is 85.1 Å². The SMILES string of the molecule is O=C(Nc1cccc([N+](=O)[O-])c1)c1c2c(nc3ccccc13)CCCC2. The standard InChI is InChI=1S/C20H17N3O3/c24-20(21-13-6-5-7-14(12-13)23(25)26)19-15-8-1-3-10-17(15)22-18-11-4-2-9-16(18)19/h1,3,5-8,10,12H,2,4,9,11H2,(H,21,24). The molecule has 0 unspecified atom stereocenters. The second-order valence-electron chi connectivity index (χ2n) is 6.40. The van der Waals surface area contributed by atoms with Gasteiger partial charge in [-0.25, -0.2) is 0 Å². The highest BCUT2D eigenvalue weighted by Crippen LogP contribution is 2.30. The Morgan fingerprint density at radius 3 is 2.73 bits per heavy atom. The first-order valence-electron chi connectivity index (χ1n) is 8.60. The van der Waals surface area contributed by atoms with E-state index in [1.165, 1.54) is 12.1 Å². The average molecular weight is 347 g/mol. The van der Waals surface area contributed by atoms with Crippen LogP contribution in [0.4, 0.5) is 11.4 Å². The molecule has 0 saturated heterocycles. The average Bonchev–Trinajstić information content (AvgIpc) is 2.66. The number of pyridine rings is 1. The van der Waals surface area contributed by atoms with E-state index in [1.54, 1.807) is 12.1 Å². The van der Waals surface area contributed by atoms with Gasteiger partial charge in [0.25, 0.3) is 11.6 Å². The Morgan fingerprint density at radius 2 is 1.88 bits per heavy atom. The molecule has 0 aliphatic heterocycles. The van der Waals surface area contributed by atoms with Crippen LogP contribution in [0.25, 0.3) is 10.9 Å². The predicted octanol–water partition coefficient (Wildman–Crippen LogP) is 4.27. The van der Waals surface area contributed by atoms with Crippen LogP contribution < -0.4 is 5.32 Å². The monoisotopic (exact) mass is 347 g/mol. The summed E-state index contributed by atoms with van der Waals surface area (Å²) in [5.41, 5.74) is 3.78. The first kappa shape index (κ1) is 16.2. The van der Waals surface area contributed by atoms with Crippen LogP contribution in [0.2, 0.25) is 0 Å². The number of amides is 1. The Kier molecular flexibility index (Phi) is 4.08. The van der Waals surface area contributed by atoms with Gasteiger partial charge in [-0.1, -0.05) is 24.3 Å². The Morgan fingerprint density at radius 1 is 1.08 bits per heavy atom. The molecule has 1 amide bonds. The normalized spacial score (nSPS) is 13.2. The van der Waals surface area contributed by atoms with Crippen molar-refractivity contribution in [2.75, 3.05) is 5.32 Å². The molecule has 3 aromatic rings. The highest BCUT2D eigenvalue weighted by Gasteiger charge is 2.22. The van der Waals surface area contributed by atoms with Crippen molar-refractivity contribution in [1.29, 1.82) is 0 Å². The molecule has 0 spiro atoms. The van der Waals surface area contributed by atoms with Crippen molar-refractivity contribution in [1.82, 2.24) is 4.98 Å². The maximum absolute atomic E-state index is 13.1. The van der Waals surface area contributed by atoms with Crippen LogP contribution in [0, 0.1) is 10.1 Å². The number of carbonyl (C=O) groups excluding carboxylic acids is 1. The van der Waals surface area contributed by atoms with Gasteiger partial charge in [0.05, 0.1) is 16.0 Å². The van der Waals surface area contributed by atoms with Crippen molar-refractivity contribution in [2.45, 2.75) is 25.7 Å². The number of hydrogen-bond acceptors (Lipinski definition) is 4. The molecule has 0 atom stereocenters. The minimum atomic E-state index is -0.473. The number of rotatable bonds is 3. The number of non-ortho nitro benzene ring substituents is 1. The van der Waals surface area contributed by atoms with Crippen LogP contribution in [-0.4, -0.2) is 15.8 Å². The number of nitro groups is 1. The molecule has 1 aromatic heterocycles. The maximum atomic E-state index is 13.1. The molecule has 6 nitrogen and oxygen atoms in total. The molecule has 1 heterocycles. The number of hydrogen-bond donors (Lipinski definition) is 1. The first-order chi connectivity index (χ1) is 12.6. The number of nitrogens with zero attached hydrogens (tertiary/aromatic N) is 2. The zero-order chi connectivity index (χ0) is 18.1. The molecule has 1 N–H and O–H groups in total. The third-order valence-electron chi connectivity index (χ3n) is 4.71. The molecule has 0 saturated carbocycles. The van der Waals surface area contributed by atoms with Crippen molar-refractivity contribution < 1.29 is 9.72 Å². The minimum absolute atomic E-state index is 0.0515. The van der Waals surface area contributed by atoms with Gasteiger partial charge in [0.15, 0.2) is 0 Å². The van der Waals surface area contributed by atoms with Gasteiger partial charge in [-0.15, -0.1) is 0 Å². The number of nitrogens with one attached hydrogen (secondary N) is 1. The van der Waals surface area contributed by atoms with E-state index in [0.29, 0.717) is 11.3 Å². The zero-order valence-electron chi connectivity index (χ0n) is 14.1. The lowest BCUT2D eigenvalue weighted by Gasteiger charge is -2.20. The Bertz CT molecular complexity index is 1030. The van der Waals surface area contributed by atoms with Gasteiger partial charge in [-0.2, -0.15) is 0 Å². The zero-order valence-corrected chi connectivity index (χ0v) is 14.1. The van der Waals surface area contributed by atoms with Crippen LogP contribution >= 0.6 is 0 Å². The fourth-order valence-electron chi connectivity index (χ4n) is 3.52. The third kappa shape index (κ3) is 2.90. The molecule has 130 valence electrons. The Balaban J connectivity index is 1.79. The van der Waals surface area contributed by atoms with Gasteiger partial charge in [0.2, 0.25) is 0 Å². The number of aromatic nitrogens is 1. The molecular formula is C20H17N3O3. The van der Waals surface area contributed by atoms with E-state index >= 15 is 0 Å². The smallest absolute Gasteiger partial charge is 0.271 e. The molecule has 2 aromatic carbocycles. The fourth-order valence-corrected chi connectivity index (χ4v) is 3.52. The van der Waals surface area contributed by atoms with E-state index in [4.69, 9.17) is 4.98 Å². The Labute approximate surface area is 150 Å². The molecule has 1 aliphatic carbocycles. The summed E-state index contributed by atoms with van der Waals surface area (Å²) >= 11 is 0. The van der Waals surface area contributed by atoms with Crippen LogP contribution in [0.15, 0.2) is 48.5 Å². The summed E-state index contributed by atoms with van der Waals surface area (Å²) in [5.74, 6) is -0.248. The molecule has 0 radical (unpaired) electrons. The molecule has 4 rings (SSSR count). The van der Waals surface area contributed by atoms with Gasteiger partial charge in [0.1, 0.15) is 0 Å². The van der Waals surface area contributed by atoms with Crippen LogP contribution in [-0.2, 0) is 12.8 Å². The number of anilines is 1. The molecule has 1 aliphatic rings. The van der Waals surface area contributed by atoms with Gasteiger partial charge < -0.3 is 5.32 Å². The van der Waals surface area contributed by atoms with E-state index < -0.39 is 4.92 Å². The summed E-state index contributed by atoms with van der Waals surface area (Å²) in [6.07, 6.45) is 3.80. The van der Waals surface area contributed by atoms with E-state index in [9.17, 15) is 14.9 Å². The van der Waals surface area contributed by atoms with Crippen LogP contribution in [0.3, 0.4) is 0 Å². The quantitative estimate of drug-likeness (QED) is 0.566. The molecule has 0 bridgehead atoms. The summed E-state index contributed by atoms with van der Waals surface area (Å²) in [6, 6.07) is 13.6. The van der Waals surface area contributed by atoms with Crippen molar-refractivity contribution in [2.24, 2.45) is 0 Å². The van der Waals surface area contributed by atoms with E-state index in [2.05, 4.69) is 5.32 Å². The lowest BCUT2D eigenvalue weighted by molar-refractivity contribution is -0.384.